The summed E-state index contributed by atoms with van der Waals surface area (Å²) in [6, 6.07) is 10.5. The number of benzene rings is 2. The number of aryl methyl sites for hydroxylation is 3. The van der Waals surface area contributed by atoms with Gasteiger partial charge in [0.05, 0.1) is 17.9 Å². The average Bonchev–Trinajstić information content (AvgIpc) is 2.58. The zero-order chi connectivity index (χ0) is 20.0. The van der Waals surface area contributed by atoms with Crippen LogP contribution in [0.1, 0.15) is 40.4 Å². The number of rotatable bonds is 6. The van der Waals surface area contributed by atoms with E-state index in [4.69, 9.17) is 4.74 Å². The number of ether oxygens (including phenoxy) is 1. The van der Waals surface area contributed by atoms with E-state index in [0.717, 1.165) is 16.7 Å². The quantitative estimate of drug-likeness (QED) is 0.601. The molecule has 0 aliphatic heterocycles. The summed E-state index contributed by atoms with van der Waals surface area (Å²) in [5.41, 5.74) is 4.26. The number of hydrogen-bond donors (Lipinski definition) is 2. The summed E-state index contributed by atoms with van der Waals surface area (Å²) in [5, 5.41) is 5.39. The second-order valence-corrected chi connectivity index (χ2v) is 6.31. The van der Waals surface area contributed by atoms with Gasteiger partial charge < -0.3 is 15.4 Å². The Bertz CT molecular complexity index is 851. The van der Waals surface area contributed by atoms with Crippen molar-refractivity contribution in [3.63, 3.8) is 0 Å². The van der Waals surface area contributed by atoms with E-state index in [2.05, 4.69) is 10.6 Å². The van der Waals surface area contributed by atoms with Crippen molar-refractivity contribution in [2.75, 3.05) is 17.2 Å². The fourth-order valence-corrected chi connectivity index (χ4v) is 2.88. The topological polar surface area (TPSA) is 84.5 Å². The molecular weight excluding hydrogens is 344 g/mol. The van der Waals surface area contributed by atoms with Crippen molar-refractivity contribution in [2.45, 2.75) is 34.1 Å². The first kappa shape index (κ1) is 20.2. The molecule has 27 heavy (non-hydrogen) atoms. The zero-order valence-corrected chi connectivity index (χ0v) is 16.0. The maximum atomic E-state index is 12.3. The van der Waals surface area contributed by atoms with Gasteiger partial charge in [0.15, 0.2) is 0 Å². The van der Waals surface area contributed by atoms with Crippen LogP contribution in [0, 0.1) is 20.8 Å². The molecule has 0 saturated carbocycles. The maximum Gasteiger partial charge on any atom is 0.340 e. The smallest absolute Gasteiger partial charge is 0.340 e. The second kappa shape index (κ2) is 8.98. The summed E-state index contributed by atoms with van der Waals surface area (Å²) in [6.07, 6.45) is -0.357. The van der Waals surface area contributed by atoms with Crippen molar-refractivity contribution in [3.05, 3.63) is 58.7 Å². The van der Waals surface area contributed by atoms with Crippen LogP contribution in [0.3, 0.4) is 0 Å². The van der Waals surface area contributed by atoms with E-state index < -0.39 is 17.8 Å². The average molecular weight is 368 g/mol. The predicted molar refractivity (Wildman–Crippen MR) is 105 cm³/mol. The van der Waals surface area contributed by atoms with Crippen LogP contribution in [0.15, 0.2) is 36.4 Å². The lowest BCUT2D eigenvalue weighted by molar-refractivity contribution is -0.123. The maximum absolute atomic E-state index is 12.3. The van der Waals surface area contributed by atoms with E-state index >= 15 is 0 Å². The van der Waals surface area contributed by atoms with Crippen LogP contribution in [-0.4, -0.2) is 24.4 Å². The van der Waals surface area contributed by atoms with Gasteiger partial charge >= 0.3 is 5.97 Å². The van der Waals surface area contributed by atoms with E-state index in [-0.39, 0.29) is 18.6 Å². The third-order valence-corrected chi connectivity index (χ3v) is 3.96. The largest absolute Gasteiger partial charge is 0.462 e. The fourth-order valence-electron chi connectivity index (χ4n) is 2.88. The molecule has 6 heteroatoms. The first-order valence-corrected chi connectivity index (χ1v) is 8.75. The molecule has 0 aliphatic carbocycles. The molecule has 2 rings (SSSR count). The van der Waals surface area contributed by atoms with Gasteiger partial charge in [-0.25, -0.2) is 4.79 Å². The summed E-state index contributed by atoms with van der Waals surface area (Å²) in [4.78, 5) is 36.5. The van der Waals surface area contributed by atoms with Gasteiger partial charge in [0.1, 0.15) is 6.42 Å². The number of nitrogens with one attached hydrogen (secondary N) is 2. The van der Waals surface area contributed by atoms with Gasteiger partial charge in [0.25, 0.3) is 0 Å². The molecule has 2 N–H and O–H groups in total. The number of amides is 2. The summed E-state index contributed by atoms with van der Waals surface area (Å²) in [7, 11) is 0. The first-order chi connectivity index (χ1) is 12.8. The Labute approximate surface area is 158 Å². The number of carbonyl (C=O) groups excluding carboxylic acids is 3. The summed E-state index contributed by atoms with van der Waals surface area (Å²) in [5.74, 6) is -1.45. The molecule has 0 bridgehead atoms. The molecular formula is C21H24N2O4. The van der Waals surface area contributed by atoms with Crippen molar-refractivity contribution in [1.82, 2.24) is 0 Å². The van der Waals surface area contributed by atoms with E-state index in [1.807, 2.05) is 32.9 Å². The molecule has 0 unspecified atom stereocenters. The fraction of sp³-hybridized carbons (Fsp3) is 0.286. The molecule has 2 aromatic rings. The van der Waals surface area contributed by atoms with Crippen LogP contribution in [0.2, 0.25) is 0 Å². The monoisotopic (exact) mass is 368 g/mol. The SMILES string of the molecule is CCOC(=O)c1ccccc1NC(=O)CC(=O)Nc1c(C)cc(C)cc1C. The minimum Gasteiger partial charge on any atom is -0.462 e. The summed E-state index contributed by atoms with van der Waals surface area (Å²) >= 11 is 0. The molecule has 0 spiro atoms. The van der Waals surface area contributed by atoms with Crippen molar-refractivity contribution < 1.29 is 19.1 Å². The van der Waals surface area contributed by atoms with Gasteiger partial charge in [-0.15, -0.1) is 0 Å². The Hall–Kier alpha value is -3.15. The Morgan fingerprint density at radius 2 is 1.52 bits per heavy atom. The predicted octanol–water partition coefficient (Wildman–Crippen LogP) is 3.76. The van der Waals surface area contributed by atoms with E-state index in [0.29, 0.717) is 11.4 Å². The molecule has 0 aromatic heterocycles. The Morgan fingerprint density at radius 1 is 0.926 bits per heavy atom. The highest BCUT2D eigenvalue weighted by molar-refractivity contribution is 6.10. The van der Waals surface area contributed by atoms with Gasteiger partial charge in [-0.1, -0.05) is 29.8 Å². The standard InChI is InChI=1S/C21H24N2O4/c1-5-27-21(26)16-8-6-7-9-17(16)22-18(24)12-19(25)23-20-14(3)10-13(2)11-15(20)4/h6-11H,5,12H2,1-4H3,(H,22,24)(H,23,25). The summed E-state index contributed by atoms with van der Waals surface area (Å²) < 4.78 is 4.98. The lowest BCUT2D eigenvalue weighted by Crippen LogP contribution is -2.23. The van der Waals surface area contributed by atoms with Gasteiger partial charge in [-0.3, -0.25) is 9.59 Å². The molecule has 0 atom stereocenters. The molecule has 6 nitrogen and oxygen atoms in total. The minimum absolute atomic E-state index is 0.235. The van der Waals surface area contributed by atoms with Crippen LogP contribution in [-0.2, 0) is 14.3 Å². The first-order valence-electron chi connectivity index (χ1n) is 8.75. The highest BCUT2D eigenvalue weighted by Crippen LogP contribution is 2.22. The number of para-hydroxylation sites is 1. The van der Waals surface area contributed by atoms with Gasteiger partial charge in [-0.05, 0) is 51.0 Å². The van der Waals surface area contributed by atoms with E-state index in [1.165, 1.54) is 0 Å². The van der Waals surface area contributed by atoms with Crippen LogP contribution in [0.25, 0.3) is 0 Å². The number of anilines is 2. The lowest BCUT2D eigenvalue weighted by atomic mass is 10.0. The van der Waals surface area contributed by atoms with E-state index in [9.17, 15) is 14.4 Å². The van der Waals surface area contributed by atoms with Crippen LogP contribution >= 0.6 is 0 Å². The normalized spacial score (nSPS) is 10.2. The minimum atomic E-state index is -0.524. The molecule has 2 amide bonds. The third kappa shape index (κ3) is 5.41. The Kier molecular flexibility index (Phi) is 6.71. The molecule has 0 heterocycles. The molecule has 0 radical (unpaired) electrons. The van der Waals surface area contributed by atoms with Gasteiger partial charge in [-0.2, -0.15) is 0 Å². The van der Waals surface area contributed by atoms with E-state index in [1.54, 1.807) is 31.2 Å². The zero-order valence-electron chi connectivity index (χ0n) is 16.0. The second-order valence-electron chi connectivity index (χ2n) is 6.31. The highest BCUT2D eigenvalue weighted by atomic mass is 16.5. The van der Waals surface area contributed by atoms with Crippen LogP contribution in [0.5, 0.6) is 0 Å². The van der Waals surface area contributed by atoms with Crippen molar-refractivity contribution in [1.29, 1.82) is 0 Å². The number of esters is 1. The third-order valence-electron chi connectivity index (χ3n) is 3.96. The molecule has 142 valence electrons. The van der Waals surface area contributed by atoms with Gasteiger partial charge in [0.2, 0.25) is 11.8 Å². The van der Waals surface area contributed by atoms with Crippen molar-refractivity contribution in [2.24, 2.45) is 0 Å². The van der Waals surface area contributed by atoms with Crippen LogP contribution in [0.4, 0.5) is 11.4 Å². The number of carbonyl (C=O) groups is 3. The Balaban J connectivity index is 2.04. The summed E-state index contributed by atoms with van der Waals surface area (Å²) in [6.45, 7) is 7.74. The molecule has 0 aliphatic rings. The van der Waals surface area contributed by atoms with Crippen molar-refractivity contribution >= 4 is 29.2 Å². The lowest BCUT2D eigenvalue weighted by Gasteiger charge is -2.13. The van der Waals surface area contributed by atoms with Gasteiger partial charge in [0, 0.05) is 5.69 Å². The van der Waals surface area contributed by atoms with Crippen LogP contribution < -0.4 is 10.6 Å². The Morgan fingerprint density at radius 3 is 2.15 bits per heavy atom. The van der Waals surface area contributed by atoms with Crippen molar-refractivity contribution in [3.8, 4) is 0 Å². The molecule has 0 fully saturated rings. The molecule has 0 saturated heterocycles. The number of hydrogen-bond acceptors (Lipinski definition) is 4. The highest BCUT2D eigenvalue weighted by Gasteiger charge is 2.16. The molecule has 2 aromatic carbocycles.